The summed E-state index contributed by atoms with van der Waals surface area (Å²) in [5.41, 5.74) is 3.08. The van der Waals surface area contributed by atoms with E-state index in [1.807, 2.05) is 26.0 Å². The summed E-state index contributed by atoms with van der Waals surface area (Å²) in [4.78, 5) is 24.6. The summed E-state index contributed by atoms with van der Waals surface area (Å²) in [6, 6.07) is 6.32. The van der Waals surface area contributed by atoms with Crippen LogP contribution >= 0.6 is 0 Å². The van der Waals surface area contributed by atoms with Gasteiger partial charge >= 0.3 is 0 Å². The quantitative estimate of drug-likeness (QED) is 0.895. The smallest absolute Gasteiger partial charge is 0.228 e. The molecule has 2 N–H and O–H groups in total. The largest absolute Gasteiger partial charge is 0.353 e. The van der Waals surface area contributed by atoms with Crippen LogP contribution in [0.15, 0.2) is 18.2 Å². The third-order valence-electron chi connectivity index (χ3n) is 4.90. The third kappa shape index (κ3) is 4.12. The van der Waals surface area contributed by atoms with Gasteiger partial charge in [0.25, 0.3) is 0 Å². The molecule has 4 nitrogen and oxygen atoms in total. The Bertz CT molecular complexity index is 585. The lowest BCUT2D eigenvalue weighted by Crippen LogP contribution is -2.37. The van der Waals surface area contributed by atoms with Crippen LogP contribution in [0.1, 0.15) is 49.7 Å². The fourth-order valence-corrected chi connectivity index (χ4v) is 3.61. The van der Waals surface area contributed by atoms with Gasteiger partial charge in [-0.05, 0) is 56.4 Å². The van der Waals surface area contributed by atoms with E-state index in [0.717, 1.165) is 29.7 Å². The van der Waals surface area contributed by atoms with E-state index >= 15 is 0 Å². The standard InChI is InChI=1S/C19H26N2O2/c1-12-8-13(2)10-15(9-12)21-19(23)17-11-16(17)18(22)20-14-6-4-3-5-7-14/h8-10,14,16-17H,3-7,11H2,1-2H3,(H,20,22)(H,21,23). The molecule has 0 radical (unpaired) electrons. The molecular weight excluding hydrogens is 288 g/mol. The van der Waals surface area contributed by atoms with Crippen LogP contribution in [0.5, 0.6) is 0 Å². The summed E-state index contributed by atoms with van der Waals surface area (Å²) in [6.45, 7) is 4.03. The molecular formula is C19H26N2O2. The molecule has 2 unspecified atom stereocenters. The zero-order valence-corrected chi connectivity index (χ0v) is 14.0. The maximum Gasteiger partial charge on any atom is 0.228 e. The predicted octanol–water partition coefficient (Wildman–Crippen LogP) is 3.33. The molecule has 4 heteroatoms. The van der Waals surface area contributed by atoms with Gasteiger partial charge < -0.3 is 10.6 Å². The van der Waals surface area contributed by atoms with Gasteiger partial charge in [-0.15, -0.1) is 0 Å². The highest BCUT2D eigenvalue weighted by atomic mass is 16.2. The highest BCUT2D eigenvalue weighted by Crippen LogP contribution is 2.40. The lowest BCUT2D eigenvalue weighted by Gasteiger charge is -2.22. The van der Waals surface area contributed by atoms with Crippen molar-refractivity contribution in [3.8, 4) is 0 Å². The Morgan fingerprint density at radius 3 is 2.17 bits per heavy atom. The Hall–Kier alpha value is -1.84. The third-order valence-corrected chi connectivity index (χ3v) is 4.90. The number of benzene rings is 1. The highest BCUT2D eigenvalue weighted by Gasteiger charge is 2.48. The van der Waals surface area contributed by atoms with Gasteiger partial charge in [0, 0.05) is 11.7 Å². The number of anilines is 1. The van der Waals surface area contributed by atoms with Crippen molar-refractivity contribution < 1.29 is 9.59 Å². The second-order valence-electron chi connectivity index (χ2n) is 7.16. The van der Waals surface area contributed by atoms with E-state index in [1.54, 1.807) is 0 Å². The van der Waals surface area contributed by atoms with Crippen molar-refractivity contribution in [3.63, 3.8) is 0 Å². The fraction of sp³-hybridized carbons (Fsp3) is 0.579. The number of carbonyl (C=O) groups is 2. The molecule has 2 amide bonds. The van der Waals surface area contributed by atoms with Crippen molar-refractivity contribution in [2.24, 2.45) is 11.8 Å². The van der Waals surface area contributed by atoms with Crippen molar-refractivity contribution in [1.29, 1.82) is 0 Å². The van der Waals surface area contributed by atoms with E-state index in [2.05, 4.69) is 16.7 Å². The van der Waals surface area contributed by atoms with E-state index in [-0.39, 0.29) is 23.7 Å². The van der Waals surface area contributed by atoms with Crippen LogP contribution in [0.3, 0.4) is 0 Å². The summed E-state index contributed by atoms with van der Waals surface area (Å²) in [5.74, 6) is -0.265. The van der Waals surface area contributed by atoms with Crippen LogP contribution in [0, 0.1) is 25.7 Å². The zero-order chi connectivity index (χ0) is 16.4. The van der Waals surface area contributed by atoms with E-state index < -0.39 is 0 Å². The maximum atomic E-state index is 12.3. The van der Waals surface area contributed by atoms with Crippen molar-refractivity contribution in [3.05, 3.63) is 29.3 Å². The molecule has 1 aromatic carbocycles. The first-order valence-electron chi connectivity index (χ1n) is 8.72. The minimum atomic E-state index is -0.167. The first-order valence-corrected chi connectivity index (χ1v) is 8.72. The molecule has 0 saturated heterocycles. The second-order valence-corrected chi connectivity index (χ2v) is 7.16. The van der Waals surface area contributed by atoms with E-state index in [9.17, 15) is 9.59 Å². The SMILES string of the molecule is Cc1cc(C)cc(NC(=O)C2CC2C(=O)NC2CCCCC2)c1. The van der Waals surface area contributed by atoms with Crippen LogP contribution in [0.4, 0.5) is 5.69 Å². The molecule has 2 atom stereocenters. The topological polar surface area (TPSA) is 58.2 Å². The number of rotatable bonds is 4. The van der Waals surface area contributed by atoms with Gasteiger partial charge in [-0.3, -0.25) is 9.59 Å². The molecule has 0 bridgehead atoms. The molecule has 2 aliphatic rings. The van der Waals surface area contributed by atoms with Gasteiger partial charge in [0.2, 0.25) is 11.8 Å². The Kier molecular flexibility index (Phi) is 4.69. The number of carbonyl (C=O) groups excluding carboxylic acids is 2. The van der Waals surface area contributed by atoms with Gasteiger partial charge in [0.05, 0.1) is 11.8 Å². The van der Waals surface area contributed by atoms with E-state index in [1.165, 1.54) is 19.3 Å². The Balaban J connectivity index is 1.51. The van der Waals surface area contributed by atoms with E-state index in [4.69, 9.17) is 0 Å². The van der Waals surface area contributed by atoms with Crippen molar-refractivity contribution in [2.45, 2.75) is 58.4 Å². The molecule has 3 rings (SSSR count). The molecule has 0 aliphatic heterocycles. The van der Waals surface area contributed by atoms with Crippen LogP contribution in [0.2, 0.25) is 0 Å². The Morgan fingerprint density at radius 2 is 1.52 bits per heavy atom. The number of amides is 2. The van der Waals surface area contributed by atoms with Crippen LogP contribution < -0.4 is 10.6 Å². The number of aryl methyl sites for hydroxylation is 2. The summed E-state index contributed by atoms with van der Waals surface area (Å²) >= 11 is 0. The zero-order valence-electron chi connectivity index (χ0n) is 14.0. The van der Waals surface area contributed by atoms with Gasteiger partial charge in [0.1, 0.15) is 0 Å². The van der Waals surface area contributed by atoms with Gasteiger partial charge in [0.15, 0.2) is 0 Å². The minimum Gasteiger partial charge on any atom is -0.353 e. The Morgan fingerprint density at radius 1 is 0.913 bits per heavy atom. The lowest BCUT2D eigenvalue weighted by molar-refractivity contribution is -0.126. The molecule has 23 heavy (non-hydrogen) atoms. The lowest BCUT2D eigenvalue weighted by atomic mass is 9.95. The van der Waals surface area contributed by atoms with Crippen LogP contribution in [0.25, 0.3) is 0 Å². The van der Waals surface area contributed by atoms with Gasteiger partial charge in [-0.25, -0.2) is 0 Å². The van der Waals surface area contributed by atoms with Crippen molar-refractivity contribution >= 4 is 17.5 Å². The van der Waals surface area contributed by atoms with Crippen molar-refractivity contribution in [2.75, 3.05) is 5.32 Å². The number of hydrogen-bond acceptors (Lipinski definition) is 2. The molecule has 2 aliphatic carbocycles. The maximum absolute atomic E-state index is 12.3. The van der Waals surface area contributed by atoms with Gasteiger partial charge in [-0.2, -0.15) is 0 Å². The predicted molar refractivity (Wildman–Crippen MR) is 91.2 cm³/mol. The summed E-state index contributed by atoms with van der Waals surface area (Å²) in [6.07, 6.45) is 6.51. The second kappa shape index (κ2) is 6.73. The van der Waals surface area contributed by atoms with Crippen LogP contribution in [-0.4, -0.2) is 17.9 Å². The first kappa shape index (κ1) is 16.0. The minimum absolute atomic E-state index is 0.0289. The molecule has 0 heterocycles. The summed E-state index contributed by atoms with van der Waals surface area (Å²) in [7, 11) is 0. The molecule has 2 fully saturated rings. The monoisotopic (exact) mass is 314 g/mol. The molecule has 124 valence electrons. The normalized spacial score (nSPS) is 24.1. The number of hydrogen-bond donors (Lipinski definition) is 2. The van der Waals surface area contributed by atoms with Gasteiger partial charge in [-0.1, -0.05) is 25.3 Å². The van der Waals surface area contributed by atoms with E-state index in [0.29, 0.717) is 12.5 Å². The Labute approximate surface area is 138 Å². The van der Waals surface area contributed by atoms with Crippen LogP contribution in [-0.2, 0) is 9.59 Å². The summed E-state index contributed by atoms with van der Waals surface area (Å²) < 4.78 is 0. The highest BCUT2D eigenvalue weighted by molar-refractivity contribution is 5.99. The van der Waals surface area contributed by atoms with Crippen molar-refractivity contribution in [1.82, 2.24) is 5.32 Å². The molecule has 0 spiro atoms. The average molecular weight is 314 g/mol. The average Bonchev–Trinajstić information content (AvgIpc) is 3.27. The first-order chi connectivity index (χ1) is 11.0. The summed E-state index contributed by atoms with van der Waals surface area (Å²) in [5, 5.41) is 6.08. The fourth-order valence-electron chi connectivity index (χ4n) is 3.61. The molecule has 2 saturated carbocycles. The molecule has 0 aromatic heterocycles. The molecule has 1 aromatic rings. The number of nitrogens with one attached hydrogen (secondary N) is 2.